The van der Waals surface area contributed by atoms with Crippen LogP contribution in [0.4, 0.5) is 0 Å². The number of aliphatic hydroxyl groups excluding tert-OH is 1. The van der Waals surface area contributed by atoms with E-state index in [1.165, 1.54) is 0 Å². The summed E-state index contributed by atoms with van der Waals surface area (Å²) in [6.07, 6.45) is 0.982. The Balaban J connectivity index is 0. The zero-order chi connectivity index (χ0) is 16.2. The second-order valence-corrected chi connectivity index (χ2v) is 3.67. The van der Waals surface area contributed by atoms with Crippen molar-refractivity contribution >= 4 is 5.91 Å². The van der Waals surface area contributed by atoms with Gasteiger partial charge in [-0.3, -0.25) is 4.79 Å². The highest BCUT2D eigenvalue weighted by Gasteiger charge is 1.96. The Kier molecular flexibility index (Phi) is 23.2. The van der Waals surface area contributed by atoms with Crippen molar-refractivity contribution in [3.8, 4) is 0 Å². The van der Waals surface area contributed by atoms with Gasteiger partial charge in [-0.1, -0.05) is 20.8 Å². The fraction of sp³-hybridized carbons (Fsp3) is 0.929. The van der Waals surface area contributed by atoms with Crippen LogP contribution in [-0.4, -0.2) is 70.6 Å². The predicted molar refractivity (Wildman–Crippen MR) is 80.1 cm³/mol. The molecule has 0 aromatic heterocycles. The molecular formula is C14H31NO6. The number of carbonyl (C=O) groups is 1. The molecule has 21 heavy (non-hydrogen) atoms. The van der Waals surface area contributed by atoms with Gasteiger partial charge < -0.3 is 29.4 Å². The number of ether oxygens (including phenoxy) is 4. The van der Waals surface area contributed by atoms with E-state index in [0.717, 1.165) is 6.42 Å². The third-order valence-electron chi connectivity index (χ3n) is 1.97. The Bertz CT molecular complexity index is 204. The summed E-state index contributed by atoms with van der Waals surface area (Å²) in [4.78, 5) is 10.6. The van der Waals surface area contributed by atoms with E-state index >= 15 is 0 Å². The summed E-state index contributed by atoms with van der Waals surface area (Å²) in [7, 11) is 0. The lowest BCUT2D eigenvalue weighted by molar-refractivity contribution is -0.124. The number of amides is 1. The maximum atomic E-state index is 10.6. The predicted octanol–water partition coefficient (Wildman–Crippen LogP) is 0.555. The van der Waals surface area contributed by atoms with E-state index in [-0.39, 0.29) is 0 Å². The average molecular weight is 309 g/mol. The number of carbonyl (C=O) groups excluding carboxylic acids is 1. The molecule has 1 amide bonds. The van der Waals surface area contributed by atoms with E-state index in [4.69, 9.17) is 24.1 Å². The van der Waals surface area contributed by atoms with Gasteiger partial charge in [0.1, 0.15) is 13.4 Å². The molecule has 0 atom stereocenters. The molecule has 0 aromatic carbocycles. The van der Waals surface area contributed by atoms with Gasteiger partial charge in [0.25, 0.3) is 0 Å². The third kappa shape index (κ3) is 21.7. The molecule has 0 aromatic rings. The van der Waals surface area contributed by atoms with Crippen LogP contribution in [0.25, 0.3) is 0 Å². The monoisotopic (exact) mass is 309 g/mol. The van der Waals surface area contributed by atoms with Gasteiger partial charge in [-0.25, -0.2) is 0 Å². The molecule has 0 saturated carbocycles. The highest BCUT2D eigenvalue weighted by molar-refractivity contribution is 5.76. The summed E-state index contributed by atoms with van der Waals surface area (Å²) in [5, 5.41) is 10.9. The van der Waals surface area contributed by atoms with Crippen LogP contribution >= 0.6 is 0 Å². The number of hydrogen-bond acceptors (Lipinski definition) is 6. The van der Waals surface area contributed by atoms with Crippen LogP contribution in [0.15, 0.2) is 0 Å². The smallest absolute Gasteiger partial charge is 0.245 e. The number of hydrogen-bond donors (Lipinski definition) is 2. The molecule has 0 aliphatic heterocycles. The van der Waals surface area contributed by atoms with E-state index in [9.17, 15) is 4.79 Å². The number of aliphatic hydroxyl groups is 1. The zero-order valence-electron chi connectivity index (χ0n) is 13.6. The molecule has 0 fully saturated rings. The minimum Gasteiger partial charge on any atom is -0.387 e. The van der Waals surface area contributed by atoms with Gasteiger partial charge >= 0.3 is 0 Å². The summed E-state index contributed by atoms with van der Waals surface area (Å²) >= 11 is 0. The van der Waals surface area contributed by atoms with Gasteiger partial charge in [0.2, 0.25) is 5.91 Å². The largest absolute Gasteiger partial charge is 0.387 e. The maximum absolute atomic E-state index is 10.6. The lowest BCUT2D eigenvalue weighted by atomic mass is 10.5. The summed E-state index contributed by atoms with van der Waals surface area (Å²) < 4.78 is 20.7. The highest BCUT2D eigenvalue weighted by atomic mass is 16.7. The van der Waals surface area contributed by atoms with E-state index in [1.54, 1.807) is 0 Å². The van der Waals surface area contributed by atoms with E-state index in [0.29, 0.717) is 53.0 Å². The van der Waals surface area contributed by atoms with Gasteiger partial charge in [0, 0.05) is 13.2 Å². The van der Waals surface area contributed by atoms with Crippen molar-refractivity contribution in [2.24, 2.45) is 0 Å². The second kappa shape index (κ2) is 21.6. The molecule has 0 radical (unpaired) electrons. The molecule has 0 heterocycles. The zero-order valence-corrected chi connectivity index (χ0v) is 13.6. The van der Waals surface area contributed by atoms with Crippen molar-refractivity contribution in [1.82, 2.24) is 5.32 Å². The van der Waals surface area contributed by atoms with Gasteiger partial charge in [0.15, 0.2) is 0 Å². The Labute approximate surface area is 127 Å². The first-order chi connectivity index (χ1) is 10.3. The molecule has 0 aliphatic carbocycles. The molecular weight excluding hydrogens is 278 g/mol. The van der Waals surface area contributed by atoms with Gasteiger partial charge in [-0.15, -0.1) is 0 Å². The van der Waals surface area contributed by atoms with Crippen molar-refractivity contribution in [2.75, 3.05) is 59.6 Å². The first kappa shape index (κ1) is 22.5. The van der Waals surface area contributed by atoms with Crippen molar-refractivity contribution < 1.29 is 28.8 Å². The van der Waals surface area contributed by atoms with Crippen LogP contribution < -0.4 is 5.32 Å². The third-order valence-corrected chi connectivity index (χ3v) is 1.97. The van der Waals surface area contributed by atoms with Gasteiger partial charge in [-0.05, 0) is 6.42 Å². The van der Waals surface area contributed by atoms with Crippen molar-refractivity contribution in [3.63, 3.8) is 0 Å². The molecule has 0 spiro atoms. The Morgan fingerprint density at radius 1 is 0.905 bits per heavy atom. The molecule has 0 saturated heterocycles. The van der Waals surface area contributed by atoms with E-state index in [2.05, 4.69) is 5.32 Å². The molecule has 7 nitrogen and oxygen atoms in total. The Hall–Kier alpha value is -0.730. The molecule has 0 unspecified atom stereocenters. The Morgan fingerprint density at radius 2 is 1.43 bits per heavy atom. The van der Waals surface area contributed by atoms with Crippen LogP contribution in [0.5, 0.6) is 0 Å². The lowest BCUT2D eigenvalue weighted by Gasteiger charge is -2.07. The van der Waals surface area contributed by atoms with Gasteiger partial charge in [0.05, 0.1) is 33.0 Å². The Morgan fingerprint density at radius 3 is 2.00 bits per heavy atom. The number of nitrogens with one attached hydrogen (secondary N) is 1. The topological polar surface area (TPSA) is 86.3 Å². The maximum Gasteiger partial charge on any atom is 0.245 e. The molecule has 0 bridgehead atoms. The van der Waals surface area contributed by atoms with E-state index in [1.807, 2.05) is 20.8 Å². The average Bonchev–Trinajstić information content (AvgIpc) is 2.53. The normalized spacial score (nSPS) is 9.90. The van der Waals surface area contributed by atoms with Crippen LogP contribution in [-0.2, 0) is 23.7 Å². The van der Waals surface area contributed by atoms with Crippen LogP contribution in [0, 0.1) is 0 Å². The minimum absolute atomic E-state index is 0.304. The first-order valence-corrected chi connectivity index (χ1v) is 7.49. The second-order valence-electron chi connectivity index (χ2n) is 3.67. The SMILES string of the molecule is CC.CCCOCOCCOCCOCCNC(=O)CO. The summed E-state index contributed by atoms with van der Waals surface area (Å²) in [6, 6.07) is 0. The molecule has 7 heteroatoms. The summed E-state index contributed by atoms with van der Waals surface area (Å²) in [6.45, 7) is 9.28. The van der Waals surface area contributed by atoms with Crippen molar-refractivity contribution in [1.29, 1.82) is 0 Å². The van der Waals surface area contributed by atoms with Crippen LogP contribution in [0.3, 0.4) is 0 Å². The minimum atomic E-state index is -0.495. The summed E-state index contributed by atoms with van der Waals surface area (Å²) in [5.41, 5.74) is 0. The summed E-state index contributed by atoms with van der Waals surface area (Å²) in [5.74, 6) is -0.401. The van der Waals surface area contributed by atoms with E-state index < -0.39 is 12.5 Å². The van der Waals surface area contributed by atoms with Crippen molar-refractivity contribution in [2.45, 2.75) is 27.2 Å². The number of rotatable bonds is 14. The first-order valence-electron chi connectivity index (χ1n) is 7.49. The quantitative estimate of drug-likeness (QED) is 0.360. The fourth-order valence-electron chi connectivity index (χ4n) is 1.08. The van der Waals surface area contributed by atoms with Crippen LogP contribution in [0.2, 0.25) is 0 Å². The van der Waals surface area contributed by atoms with Gasteiger partial charge in [-0.2, -0.15) is 0 Å². The lowest BCUT2D eigenvalue weighted by Crippen LogP contribution is -2.29. The van der Waals surface area contributed by atoms with Crippen molar-refractivity contribution in [3.05, 3.63) is 0 Å². The van der Waals surface area contributed by atoms with Crippen LogP contribution in [0.1, 0.15) is 27.2 Å². The molecule has 128 valence electrons. The molecule has 0 rings (SSSR count). The molecule has 0 aliphatic rings. The highest BCUT2D eigenvalue weighted by Crippen LogP contribution is 1.84. The fourth-order valence-corrected chi connectivity index (χ4v) is 1.08. The standard InChI is InChI=1S/C12H25NO6.C2H6/c1-2-4-18-11-19-9-8-17-7-6-16-5-3-13-12(15)10-14;1-2/h14H,2-11H2,1H3,(H,13,15);1-2H3. The molecule has 2 N–H and O–H groups in total.